The lowest BCUT2D eigenvalue weighted by molar-refractivity contribution is 0.0693. The van der Waals surface area contributed by atoms with E-state index in [9.17, 15) is 18.8 Å². The Morgan fingerprint density at radius 1 is 1.13 bits per heavy atom. The molecule has 2 aromatic carbocycles. The number of hydrogen-bond donors (Lipinski definition) is 1. The average Bonchev–Trinajstić information content (AvgIpc) is 2.74. The number of amides is 2. The SMILES string of the molecule is CCOC(=O)Oc1ccc(C(=O)NC2CCN(C(=O)c3c(F)cccc3Cl)CC2)cc1. The van der Waals surface area contributed by atoms with Gasteiger partial charge in [-0.05, 0) is 56.2 Å². The number of piperidine rings is 1. The molecule has 0 aliphatic carbocycles. The molecule has 0 bridgehead atoms. The Kier molecular flexibility index (Phi) is 7.46. The lowest BCUT2D eigenvalue weighted by atomic mass is 10.0. The van der Waals surface area contributed by atoms with Crippen molar-refractivity contribution in [2.75, 3.05) is 19.7 Å². The first-order chi connectivity index (χ1) is 14.9. The zero-order valence-electron chi connectivity index (χ0n) is 16.9. The second-order valence-electron chi connectivity index (χ2n) is 6.95. The molecule has 7 nitrogen and oxygen atoms in total. The third-order valence-corrected chi connectivity index (χ3v) is 5.19. The maximum Gasteiger partial charge on any atom is 0.513 e. The van der Waals surface area contributed by atoms with Gasteiger partial charge < -0.3 is 19.7 Å². The van der Waals surface area contributed by atoms with Crippen molar-refractivity contribution in [3.8, 4) is 5.75 Å². The lowest BCUT2D eigenvalue weighted by Gasteiger charge is -2.32. The molecule has 9 heteroatoms. The number of nitrogens with one attached hydrogen (secondary N) is 1. The van der Waals surface area contributed by atoms with Crippen molar-refractivity contribution in [2.45, 2.75) is 25.8 Å². The molecule has 0 atom stereocenters. The van der Waals surface area contributed by atoms with Crippen LogP contribution in [0.25, 0.3) is 0 Å². The maximum absolute atomic E-state index is 14.0. The van der Waals surface area contributed by atoms with Crippen LogP contribution in [-0.4, -0.2) is 48.6 Å². The normalized spacial score (nSPS) is 14.1. The van der Waals surface area contributed by atoms with E-state index < -0.39 is 17.9 Å². The Morgan fingerprint density at radius 3 is 2.42 bits per heavy atom. The topological polar surface area (TPSA) is 84.9 Å². The van der Waals surface area contributed by atoms with Gasteiger partial charge in [-0.3, -0.25) is 9.59 Å². The minimum Gasteiger partial charge on any atom is -0.434 e. The molecule has 1 N–H and O–H groups in total. The van der Waals surface area contributed by atoms with Crippen LogP contribution in [0.2, 0.25) is 5.02 Å². The van der Waals surface area contributed by atoms with E-state index in [4.69, 9.17) is 21.1 Å². The minimum absolute atomic E-state index is 0.0795. The van der Waals surface area contributed by atoms with Gasteiger partial charge in [0.1, 0.15) is 11.6 Å². The molecule has 1 aliphatic rings. The van der Waals surface area contributed by atoms with E-state index in [1.165, 1.54) is 35.2 Å². The van der Waals surface area contributed by atoms with Crippen LogP contribution in [0, 0.1) is 5.82 Å². The average molecular weight is 449 g/mol. The van der Waals surface area contributed by atoms with E-state index in [1.807, 2.05) is 0 Å². The number of rotatable bonds is 5. The standard InChI is InChI=1S/C22H22ClFN2O5/c1-2-30-22(29)31-16-8-6-14(7-9-16)20(27)25-15-10-12-26(13-11-15)21(28)19-17(23)4-3-5-18(19)24/h3-9,15H,2,10-13H2,1H3,(H,25,27). The highest BCUT2D eigenvalue weighted by Gasteiger charge is 2.27. The highest BCUT2D eigenvalue weighted by atomic mass is 35.5. The highest BCUT2D eigenvalue weighted by molar-refractivity contribution is 6.33. The van der Waals surface area contributed by atoms with Crippen molar-refractivity contribution in [3.63, 3.8) is 0 Å². The summed E-state index contributed by atoms with van der Waals surface area (Å²) >= 11 is 5.98. The molecule has 0 aromatic heterocycles. The number of ether oxygens (including phenoxy) is 2. The van der Waals surface area contributed by atoms with Crippen molar-refractivity contribution >= 4 is 29.6 Å². The van der Waals surface area contributed by atoms with Gasteiger partial charge in [0.15, 0.2) is 0 Å². The Balaban J connectivity index is 1.52. The van der Waals surface area contributed by atoms with Crippen LogP contribution in [0.4, 0.5) is 9.18 Å². The van der Waals surface area contributed by atoms with E-state index in [-0.39, 0.29) is 34.9 Å². The van der Waals surface area contributed by atoms with Gasteiger partial charge >= 0.3 is 6.16 Å². The Hall–Kier alpha value is -3.13. The fourth-order valence-corrected chi connectivity index (χ4v) is 3.52. The summed E-state index contributed by atoms with van der Waals surface area (Å²) in [5.41, 5.74) is 0.282. The molecule has 0 unspecified atom stereocenters. The van der Waals surface area contributed by atoms with Gasteiger partial charge in [-0.1, -0.05) is 17.7 Å². The van der Waals surface area contributed by atoms with Gasteiger partial charge in [-0.15, -0.1) is 0 Å². The molecule has 0 spiro atoms. The summed E-state index contributed by atoms with van der Waals surface area (Å²) in [6, 6.07) is 10.1. The van der Waals surface area contributed by atoms with Gasteiger partial charge in [-0.25, -0.2) is 9.18 Å². The van der Waals surface area contributed by atoms with Gasteiger partial charge in [0.05, 0.1) is 17.2 Å². The minimum atomic E-state index is -0.808. The molecule has 1 fully saturated rings. The van der Waals surface area contributed by atoms with Crippen molar-refractivity contribution in [2.24, 2.45) is 0 Å². The third-order valence-electron chi connectivity index (χ3n) is 4.87. The molecular formula is C22H22ClFN2O5. The zero-order valence-corrected chi connectivity index (χ0v) is 17.7. The van der Waals surface area contributed by atoms with Crippen molar-refractivity contribution in [3.05, 3.63) is 64.4 Å². The Morgan fingerprint density at radius 2 is 1.81 bits per heavy atom. The highest BCUT2D eigenvalue weighted by Crippen LogP contribution is 2.23. The monoisotopic (exact) mass is 448 g/mol. The molecule has 2 amide bonds. The molecule has 1 aliphatic heterocycles. The first-order valence-corrected chi connectivity index (χ1v) is 10.3. The number of carbonyl (C=O) groups excluding carboxylic acids is 3. The molecule has 1 heterocycles. The largest absolute Gasteiger partial charge is 0.513 e. The van der Waals surface area contributed by atoms with Crippen LogP contribution in [0.3, 0.4) is 0 Å². The van der Waals surface area contributed by atoms with Crippen LogP contribution in [0.5, 0.6) is 5.75 Å². The molecule has 0 radical (unpaired) electrons. The third kappa shape index (κ3) is 5.73. The number of nitrogens with zero attached hydrogens (tertiary/aromatic N) is 1. The van der Waals surface area contributed by atoms with E-state index in [2.05, 4.69) is 5.32 Å². The second-order valence-corrected chi connectivity index (χ2v) is 7.35. The van der Waals surface area contributed by atoms with Crippen LogP contribution in [0.1, 0.15) is 40.5 Å². The number of hydrogen-bond acceptors (Lipinski definition) is 5. The summed E-state index contributed by atoms with van der Waals surface area (Å²) in [7, 11) is 0. The van der Waals surface area contributed by atoms with Crippen molar-refractivity contribution < 1.29 is 28.2 Å². The first kappa shape index (κ1) is 22.6. The fourth-order valence-electron chi connectivity index (χ4n) is 3.27. The molecular weight excluding hydrogens is 427 g/mol. The summed E-state index contributed by atoms with van der Waals surface area (Å²) in [6.07, 6.45) is 0.263. The predicted molar refractivity (Wildman–Crippen MR) is 112 cm³/mol. The van der Waals surface area contributed by atoms with Crippen LogP contribution < -0.4 is 10.1 Å². The van der Waals surface area contributed by atoms with E-state index in [0.29, 0.717) is 31.5 Å². The zero-order chi connectivity index (χ0) is 22.4. The molecule has 31 heavy (non-hydrogen) atoms. The van der Waals surface area contributed by atoms with E-state index in [1.54, 1.807) is 19.1 Å². The van der Waals surface area contributed by atoms with E-state index in [0.717, 1.165) is 0 Å². The quantitative estimate of drug-likeness (QED) is 0.551. The summed E-state index contributed by atoms with van der Waals surface area (Å²) in [5, 5.41) is 3.01. The van der Waals surface area contributed by atoms with Gasteiger partial charge in [0, 0.05) is 24.7 Å². The predicted octanol–water partition coefficient (Wildman–Crippen LogP) is 4.05. The van der Waals surface area contributed by atoms with Crippen LogP contribution in [-0.2, 0) is 4.74 Å². The number of halogens is 2. The molecule has 1 saturated heterocycles. The summed E-state index contributed by atoms with van der Waals surface area (Å²) in [5.74, 6) is -1.10. The molecule has 3 rings (SSSR count). The van der Waals surface area contributed by atoms with Crippen molar-refractivity contribution in [1.29, 1.82) is 0 Å². The second kappa shape index (κ2) is 10.3. The Labute approximate surface area is 184 Å². The number of benzene rings is 2. The Bertz CT molecular complexity index is 939. The molecule has 2 aromatic rings. The molecule has 164 valence electrons. The lowest BCUT2D eigenvalue weighted by Crippen LogP contribution is -2.46. The molecule has 0 saturated carbocycles. The summed E-state index contributed by atoms with van der Waals surface area (Å²) < 4.78 is 23.7. The smallest absolute Gasteiger partial charge is 0.434 e. The van der Waals surface area contributed by atoms with E-state index >= 15 is 0 Å². The maximum atomic E-state index is 14.0. The van der Waals surface area contributed by atoms with Gasteiger partial charge in [-0.2, -0.15) is 0 Å². The van der Waals surface area contributed by atoms with Gasteiger partial charge in [0.2, 0.25) is 0 Å². The number of carbonyl (C=O) groups is 3. The summed E-state index contributed by atoms with van der Waals surface area (Å²) in [4.78, 5) is 37.9. The van der Waals surface area contributed by atoms with Crippen LogP contribution >= 0.6 is 11.6 Å². The number of likely N-dealkylation sites (tertiary alicyclic amines) is 1. The fraction of sp³-hybridized carbons (Fsp3) is 0.318. The summed E-state index contributed by atoms with van der Waals surface area (Å²) in [6.45, 7) is 2.63. The first-order valence-electron chi connectivity index (χ1n) is 9.88. The van der Waals surface area contributed by atoms with Crippen molar-refractivity contribution in [1.82, 2.24) is 10.2 Å². The van der Waals surface area contributed by atoms with Crippen LogP contribution in [0.15, 0.2) is 42.5 Å². The van der Waals surface area contributed by atoms with Gasteiger partial charge in [0.25, 0.3) is 11.8 Å².